The van der Waals surface area contributed by atoms with Gasteiger partial charge in [-0.05, 0) is 44.8 Å². The van der Waals surface area contributed by atoms with E-state index in [0.717, 1.165) is 37.1 Å². The Labute approximate surface area is 108 Å². The molecular weight excluding hydrogens is 228 g/mol. The van der Waals surface area contributed by atoms with E-state index in [0.29, 0.717) is 6.04 Å². The number of rotatable bonds is 4. The first-order valence-corrected chi connectivity index (χ1v) is 6.63. The molecule has 1 aliphatic heterocycles. The first kappa shape index (κ1) is 13.0. The summed E-state index contributed by atoms with van der Waals surface area (Å²) >= 11 is 0. The zero-order valence-corrected chi connectivity index (χ0v) is 11.1. The third-order valence-electron chi connectivity index (χ3n) is 3.78. The van der Waals surface area contributed by atoms with Crippen molar-refractivity contribution in [2.45, 2.75) is 39.2 Å². The molecule has 1 saturated heterocycles. The SMILES string of the molecule is CCCN1CCCC1c1cccc([N+](=O)[O-])c1C. The minimum absolute atomic E-state index is 0.246. The summed E-state index contributed by atoms with van der Waals surface area (Å²) in [7, 11) is 0. The average Bonchev–Trinajstić information content (AvgIpc) is 2.77. The fourth-order valence-electron chi connectivity index (χ4n) is 2.93. The molecule has 0 aliphatic carbocycles. The summed E-state index contributed by atoms with van der Waals surface area (Å²) in [5.41, 5.74) is 2.21. The van der Waals surface area contributed by atoms with E-state index < -0.39 is 0 Å². The second kappa shape index (κ2) is 5.48. The lowest BCUT2D eigenvalue weighted by Gasteiger charge is -2.25. The lowest BCUT2D eigenvalue weighted by atomic mass is 9.98. The maximum Gasteiger partial charge on any atom is 0.272 e. The molecule has 0 saturated carbocycles. The van der Waals surface area contributed by atoms with Crippen LogP contribution in [0.4, 0.5) is 5.69 Å². The van der Waals surface area contributed by atoms with Crippen LogP contribution in [-0.4, -0.2) is 22.9 Å². The molecule has 1 unspecified atom stereocenters. The third-order valence-corrected chi connectivity index (χ3v) is 3.78. The van der Waals surface area contributed by atoms with Crippen LogP contribution in [0.5, 0.6) is 0 Å². The van der Waals surface area contributed by atoms with Crippen LogP contribution in [0, 0.1) is 17.0 Å². The highest BCUT2D eigenvalue weighted by Gasteiger charge is 2.28. The molecule has 0 amide bonds. The van der Waals surface area contributed by atoms with E-state index >= 15 is 0 Å². The Kier molecular flexibility index (Phi) is 3.97. The van der Waals surface area contributed by atoms with Gasteiger partial charge in [-0.25, -0.2) is 0 Å². The maximum absolute atomic E-state index is 11.0. The number of likely N-dealkylation sites (tertiary alicyclic amines) is 1. The van der Waals surface area contributed by atoms with E-state index in [-0.39, 0.29) is 10.6 Å². The maximum atomic E-state index is 11.0. The summed E-state index contributed by atoms with van der Waals surface area (Å²) < 4.78 is 0. The summed E-state index contributed by atoms with van der Waals surface area (Å²) in [6, 6.07) is 5.81. The summed E-state index contributed by atoms with van der Waals surface area (Å²) in [6.07, 6.45) is 3.43. The van der Waals surface area contributed by atoms with E-state index in [1.165, 1.54) is 6.42 Å². The fraction of sp³-hybridized carbons (Fsp3) is 0.571. The van der Waals surface area contributed by atoms with Gasteiger partial charge in [0.25, 0.3) is 5.69 Å². The smallest absolute Gasteiger partial charge is 0.272 e. The molecule has 1 fully saturated rings. The fourth-order valence-corrected chi connectivity index (χ4v) is 2.93. The van der Waals surface area contributed by atoms with Crippen molar-refractivity contribution in [2.24, 2.45) is 0 Å². The Morgan fingerprint density at radius 1 is 1.50 bits per heavy atom. The predicted molar refractivity (Wildman–Crippen MR) is 71.7 cm³/mol. The molecule has 0 aromatic heterocycles. The average molecular weight is 248 g/mol. The number of hydrogen-bond acceptors (Lipinski definition) is 3. The minimum Gasteiger partial charge on any atom is -0.296 e. The number of nitrogens with zero attached hydrogens (tertiary/aromatic N) is 2. The van der Waals surface area contributed by atoms with Crippen LogP contribution in [-0.2, 0) is 0 Å². The molecule has 18 heavy (non-hydrogen) atoms. The van der Waals surface area contributed by atoms with Crippen molar-refractivity contribution >= 4 is 5.69 Å². The van der Waals surface area contributed by atoms with Gasteiger partial charge in [0.2, 0.25) is 0 Å². The largest absolute Gasteiger partial charge is 0.296 e. The van der Waals surface area contributed by atoms with Crippen molar-refractivity contribution in [2.75, 3.05) is 13.1 Å². The Balaban J connectivity index is 2.33. The predicted octanol–water partition coefficient (Wildman–Crippen LogP) is 3.45. The van der Waals surface area contributed by atoms with E-state index in [2.05, 4.69) is 11.8 Å². The highest BCUT2D eigenvalue weighted by molar-refractivity contribution is 5.46. The minimum atomic E-state index is -0.280. The first-order valence-electron chi connectivity index (χ1n) is 6.63. The number of hydrogen-bond donors (Lipinski definition) is 0. The van der Waals surface area contributed by atoms with Gasteiger partial charge in [-0.3, -0.25) is 15.0 Å². The zero-order valence-electron chi connectivity index (χ0n) is 11.1. The quantitative estimate of drug-likeness (QED) is 0.605. The number of nitro groups is 1. The molecule has 0 radical (unpaired) electrons. The topological polar surface area (TPSA) is 46.4 Å². The first-order chi connectivity index (χ1) is 8.65. The summed E-state index contributed by atoms with van der Waals surface area (Å²) in [5.74, 6) is 0. The van der Waals surface area contributed by atoms with Gasteiger partial charge in [0.15, 0.2) is 0 Å². The van der Waals surface area contributed by atoms with Crippen LogP contribution in [0.1, 0.15) is 43.4 Å². The van der Waals surface area contributed by atoms with Crippen LogP contribution >= 0.6 is 0 Å². The van der Waals surface area contributed by atoms with E-state index in [4.69, 9.17) is 0 Å². The summed E-state index contributed by atoms with van der Waals surface area (Å²) in [6.45, 7) is 6.24. The van der Waals surface area contributed by atoms with Gasteiger partial charge in [0, 0.05) is 17.7 Å². The van der Waals surface area contributed by atoms with Crippen molar-refractivity contribution in [3.8, 4) is 0 Å². The van der Waals surface area contributed by atoms with E-state index in [9.17, 15) is 10.1 Å². The molecule has 2 rings (SSSR count). The molecule has 0 bridgehead atoms. The van der Waals surface area contributed by atoms with E-state index in [1.54, 1.807) is 6.07 Å². The van der Waals surface area contributed by atoms with E-state index in [1.807, 2.05) is 19.1 Å². The Hall–Kier alpha value is -1.42. The van der Waals surface area contributed by atoms with Crippen LogP contribution in [0.2, 0.25) is 0 Å². The lowest BCUT2D eigenvalue weighted by Crippen LogP contribution is -2.24. The molecule has 1 aliphatic rings. The van der Waals surface area contributed by atoms with Crippen LogP contribution in [0.25, 0.3) is 0 Å². The molecule has 4 heteroatoms. The number of nitro benzene ring substituents is 1. The molecular formula is C14H20N2O2. The molecule has 0 N–H and O–H groups in total. The number of benzene rings is 1. The summed E-state index contributed by atoms with van der Waals surface area (Å²) in [5, 5.41) is 11.0. The van der Waals surface area contributed by atoms with Gasteiger partial charge in [0.05, 0.1) is 4.92 Å². The molecule has 1 heterocycles. The van der Waals surface area contributed by atoms with Gasteiger partial charge < -0.3 is 0 Å². The van der Waals surface area contributed by atoms with Crippen molar-refractivity contribution in [1.29, 1.82) is 0 Å². The van der Waals surface area contributed by atoms with Crippen molar-refractivity contribution < 1.29 is 4.92 Å². The zero-order chi connectivity index (χ0) is 13.1. The molecule has 1 atom stereocenters. The van der Waals surface area contributed by atoms with Gasteiger partial charge in [-0.1, -0.05) is 19.1 Å². The molecule has 1 aromatic carbocycles. The summed E-state index contributed by atoms with van der Waals surface area (Å²) in [4.78, 5) is 13.2. The third kappa shape index (κ3) is 2.38. The molecule has 0 spiro atoms. The normalized spacial score (nSPS) is 20.2. The van der Waals surface area contributed by atoms with Crippen LogP contribution in [0.15, 0.2) is 18.2 Å². The highest BCUT2D eigenvalue weighted by atomic mass is 16.6. The second-order valence-electron chi connectivity index (χ2n) is 4.94. The van der Waals surface area contributed by atoms with Crippen LogP contribution in [0.3, 0.4) is 0 Å². The van der Waals surface area contributed by atoms with Gasteiger partial charge in [-0.2, -0.15) is 0 Å². The molecule has 98 valence electrons. The Morgan fingerprint density at radius 2 is 2.28 bits per heavy atom. The molecule has 1 aromatic rings. The van der Waals surface area contributed by atoms with Gasteiger partial charge in [-0.15, -0.1) is 0 Å². The van der Waals surface area contributed by atoms with Gasteiger partial charge >= 0.3 is 0 Å². The standard InChI is InChI=1S/C14H20N2O2/c1-3-9-15-10-5-8-14(15)12-6-4-7-13(11(12)2)16(17)18/h4,6-7,14H,3,5,8-10H2,1-2H3. The van der Waals surface area contributed by atoms with Crippen molar-refractivity contribution in [1.82, 2.24) is 4.90 Å². The monoisotopic (exact) mass is 248 g/mol. The molecule has 4 nitrogen and oxygen atoms in total. The second-order valence-corrected chi connectivity index (χ2v) is 4.94. The Morgan fingerprint density at radius 3 is 2.94 bits per heavy atom. The van der Waals surface area contributed by atoms with Crippen molar-refractivity contribution in [3.63, 3.8) is 0 Å². The Bertz CT molecular complexity index is 445. The van der Waals surface area contributed by atoms with Crippen molar-refractivity contribution in [3.05, 3.63) is 39.4 Å². The lowest BCUT2D eigenvalue weighted by molar-refractivity contribution is -0.385. The highest BCUT2D eigenvalue weighted by Crippen LogP contribution is 2.36. The van der Waals surface area contributed by atoms with Crippen LogP contribution < -0.4 is 0 Å². The van der Waals surface area contributed by atoms with Gasteiger partial charge in [0.1, 0.15) is 0 Å².